The largest absolute Gasteiger partial charge is 0.480 e. The molecule has 0 aliphatic rings. The molecule has 0 aromatic rings. The minimum atomic E-state index is -1.08. The van der Waals surface area contributed by atoms with Crippen molar-refractivity contribution in [3.8, 4) is 0 Å². The summed E-state index contributed by atoms with van der Waals surface area (Å²) in [5.41, 5.74) is 12.1. The third-order valence-corrected chi connectivity index (χ3v) is 1.48. The first-order chi connectivity index (χ1) is 6.93. The number of nitrogens with two attached hydrogens (primary N) is 2. The zero-order valence-electron chi connectivity index (χ0n) is 7.96. The molecule has 0 bridgehead atoms. The molecule has 0 rings (SSSR count). The molecule has 0 fully saturated rings. The Balaban J connectivity index is 3.69. The van der Waals surface area contributed by atoms with E-state index in [1.807, 2.05) is 0 Å². The average Bonchev–Trinajstić information content (AvgIpc) is 2.10. The lowest BCUT2D eigenvalue weighted by atomic mass is 10.2. The van der Waals surface area contributed by atoms with E-state index in [1.54, 1.807) is 5.43 Å². The highest BCUT2D eigenvalue weighted by Gasteiger charge is 2.10. The molecule has 9 nitrogen and oxygen atoms in total. The number of hydrogen-bond acceptors (Lipinski definition) is 4. The van der Waals surface area contributed by atoms with Gasteiger partial charge in [-0.2, -0.15) is 0 Å². The molecule has 0 spiro atoms. The van der Waals surface area contributed by atoms with Crippen LogP contribution >= 0.6 is 0 Å². The summed E-state index contributed by atoms with van der Waals surface area (Å²) in [6.45, 7) is 0.216. The Morgan fingerprint density at radius 1 is 1.60 bits per heavy atom. The van der Waals surface area contributed by atoms with Gasteiger partial charge in [0.1, 0.15) is 10.9 Å². The molecule has 0 heterocycles. The zero-order valence-corrected chi connectivity index (χ0v) is 7.96. The summed E-state index contributed by atoms with van der Waals surface area (Å²) in [6.07, 6.45) is 0.673. The first-order valence-electron chi connectivity index (χ1n) is 4.14. The highest BCUT2D eigenvalue weighted by molar-refractivity contribution is 5.76. The maximum atomic E-state index is 10.3. The van der Waals surface area contributed by atoms with Crippen molar-refractivity contribution in [1.82, 2.24) is 5.43 Å². The van der Waals surface area contributed by atoms with Crippen LogP contribution in [0.2, 0.25) is 0 Å². The zero-order chi connectivity index (χ0) is 11.8. The van der Waals surface area contributed by atoms with E-state index in [9.17, 15) is 9.70 Å². The van der Waals surface area contributed by atoms with E-state index in [1.165, 1.54) is 0 Å². The van der Waals surface area contributed by atoms with Gasteiger partial charge in [0.05, 0.1) is 0 Å². The van der Waals surface area contributed by atoms with Gasteiger partial charge in [-0.15, -0.1) is 0 Å². The summed E-state index contributed by atoms with van der Waals surface area (Å²) < 4.78 is 0. The number of aliphatic imine (C=N–C) groups is 1. The lowest BCUT2D eigenvalue weighted by Gasteiger charge is -2.03. The lowest BCUT2D eigenvalue weighted by Crippen LogP contribution is -2.37. The van der Waals surface area contributed by atoms with Crippen LogP contribution in [0, 0.1) is 4.91 Å². The number of guanidine groups is 1. The first kappa shape index (κ1) is 13.1. The minimum Gasteiger partial charge on any atom is -0.480 e. The van der Waals surface area contributed by atoms with Crippen LogP contribution in [0.25, 0.3) is 0 Å². The number of carboxylic acids is 1. The van der Waals surface area contributed by atoms with Crippen LogP contribution in [-0.4, -0.2) is 39.9 Å². The van der Waals surface area contributed by atoms with Crippen LogP contribution in [0.1, 0.15) is 12.8 Å². The predicted octanol–water partition coefficient (Wildman–Crippen LogP) is -1.83. The number of carbonyl (C=O) groups is 1. The fourth-order valence-corrected chi connectivity index (χ4v) is 0.768. The number of rotatable bonds is 6. The fraction of sp³-hybridized carbons (Fsp3) is 0.667. The fourth-order valence-electron chi connectivity index (χ4n) is 0.768. The van der Waals surface area contributed by atoms with Gasteiger partial charge < -0.3 is 16.6 Å². The van der Waals surface area contributed by atoms with E-state index in [0.29, 0.717) is 6.42 Å². The van der Waals surface area contributed by atoms with Gasteiger partial charge >= 0.3 is 11.0 Å². The Morgan fingerprint density at radius 2 is 2.20 bits per heavy atom. The molecular weight excluding hydrogens is 206 g/mol. The minimum absolute atomic E-state index is 0.216. The van der Waals surface area contributed by atoms with E-state index in [4.69, 9.17) is 21.8 Å². The second-order valence-corrected chi connectivity index (χ2v) is 2.74. The lowest BCUT2D eigenvalue weighted by molar-refractivity contribution is -0.822. The van der Waals surface area contributed by atoms with Crippen LogP contribution < -0.4 is 16.9 Å². The normalized spacial score (nSPS) is 13.3. The van der Waals surface area contributed by atoms with Crippen LogP contribution in [0.5, 0.6) is 0 Å². The topological polar surface area (TPSA) is 154 Å². The molecule has 0 aliphatic heterocycles. The smallest absolute Gasteiger partial charge is 0.362 e. The Kier molecular flexibility index (Phi) is 5.71. The first-order valence-corrected chi connectivity index (χ1v) is 4.14. The van der Waals surface area contributed by atoms with Crippen molar-refractivity contribution in [2.24, 2.45) is 16.5 Å². The Bertz CT molecular complexity index is 266. The Labute approximate surface area is 85.3 Å². The highest BCUT2D eigenvalue weighted by atomic mass is 16.7. The second kappa shape index (κ2) is 6.54. The second-order valence-electron chi connectivity index (χ2n) is 2.74. The van der Waals surface area contributed by atoms with Gasteiger partial charge in [-0.3, -0.25) is 4.79 Å². The molecule has 0 unspecified atom stereocenters. The molecule has 0 radical (unpaired) electrons. The average molecular weight is 220 g/mol. The van der Waals surface area contributed by atoms with E-state index in [0.717, 1.165) is 0 Å². The molecule has 0 aromatic heterocycles. The molecule has 1 atom stereocenters. The number of nitrogens with one attached hydrogen (secondary N) is 1. The van der Waals surface area contributed by atoms with Crippen LogP contribution in [0.15, 0.2) is 4.99 Å². The molecule has 9 heteroatoms. The molecule has 0 saturated heterocycles. The molecule has 0 saturated carbocycles. The van der Waals surface area contributed by atoms with E-state index in [-0.39, 0.29) is 18.9 Å². The number of carboxylic acid groups (broad SMARTS) is 1. The monoisotopic (exact) mass is 220 g/mol. The summed E-state index contributed by atoms with van der Waals surface area (Å²) in [6, 6.07) is -0.928. The molecule has 0 aliphatic carbocycles. The number of hydrogen-bond donors (Lipinski definition) is 5. The van der Waals surface area contributed by atoms with E-state index >= 15 is 0 Å². The van der Waals surface area contributed by atoms with Gasteiger partial charge in [-0.1, -0.05) is 0 Å². The van der Waals surface area contributed by atoms with Crippen molar-refractivity contribution >= 4 is 11.9 Å². The summed E-state index contributed by atoms with van der Waals surface area (Å²) >= 11 is 0. The van der Waals surface area contributed by atoms with Gasteiger partial charge in [-0.05, 0) is 18.3 Å². The summed E-state index contributed by atoms with van der Waals surface area (Å²) in [5.74, 6) is -1.33. The molecule has 0 amide bonds. The van der Waals surface area contributed by atoms with Gasteiger partial charge in [0.15, 0.2) is 0 Å². The van der Waals surface area contributed by atoms with Crippen LogP contribution in [0.3, 0.4) is 0 Å². The molecule has 7 N–H and O–H groups in total. The summed E-state index contributed by atoms with van der Waals surface area (Å²) in [7, 11) is 0. The quantitative estimate of drug-likeness (QED) is 0.152. The van der Waals surface area contributed by atoms with Crippen LogP contribution in [-0.2, 0) is 4.79 Å². The van der Waals surface area contributed by atoms with Crippen molar-refractivity contribution < 1.29 is 20.1 Å². The van der Waals surface area contributed by atoms with Crippen molar-refractivity contribution in [2.75, 3.05) is 6.54 Å². The van der Waals surface area contributed by atoms with Crippen molar-refractivity contribution in [3.63, 3.8) is 0 Å². The predicted molar refractivity (Wildman–Crippen MR) is 49.9 cm³/mol. The van der Waals surface area contributed by atoms with E-state index in [2.05, 4.69) is 4.99 Å². The van der Waals surface area contributed by atoms with Gasteiger partial charge in [0.25, 0.3) is 5.96 Å². The Hall–Kier alpha value is -1.90. The maximum absolute atomic E-state index is 10.3. The summed E-state index contributed by atoms with van der Waals surface area (Å²) in [4.78, 5) is 23.9. The number of nitrogens with zero attached hydrogens (tertiary/aromatic N) is 2. The molecule has 86 valence electrons. The SMILES string of the molecule is NC(=NCCC[C@@H](N)C(=O)O)N[N+](=O)O. The van der Waals surface area contributed by atoms with E-state index < -0.39 is 17.0 Å². The van der Waals surface area contributed by atoms with Crippen LogP contribution in [0.4, 0.5) is 0 Å². The Morgan fingerprint density at radius 3 is 2.67 bits per heavy atom. The standard InChI is InChI=1S/C6H13N5O4/c7-4(5(12)13)2-1-3-9-6(8)10-11(14)15/h4H,1-3,7H2,(H4-,8,9,10,12,13,14,15)/p+1/t4-/m1/s1. The summed E-state index contributed by atoms with van der Waals surface area (Å²) in [5, 5.41) is 16.0. The number of hydrazine groups is 1. The van der Waals surface area contributed by atoms with Gasteiger partial charge in [0.2, 0.25) is 0 Å². The maximum Gasteiger partial charge on any atom is 0.362 e. The molecular formula is C6H14N5O4+. The van der Waals surface area contributed by atoms with Gasteiger partial charge in [-0.25, -0.2) is 10.2 Å². The van der Waals surface area contributed by atoms with Crippen molar-refractivity contribution in [3.05, 3.63) is 4.91 Å². The number of aliphatic carboxylic acids is 1. The van der Waals surface area contributed by atoms with Gasteiger partial charge in [0, 0.05) is 6.54 Å². The van der Waals surface area contributed by atoms with Crippen molar-refractivity contribution in [2.45, 2.75) is 18.9 Å². The third kappa shape index (κ3) is 7.19. The third-order valence-electron chi connectivity index (χ3n) is 1.48. The molecule has 0 aromatic carbocycles. The van der Waals surface area contributed by atoms with Crippen molar-refractivity contribution in [1.29, 1.82) is 0 Å². The highest BCUT2D eigenvalue weighted by Crippen LogP contribution is 1.94. The molecule has 15 heavy (non-hydrogen) atoms.